The van der Waals surface area contributed by atoms with Crippen LogP contribution in [0.1, 0.15) is 19.4 Å². The van der Waals surface area contributed by atoms with Gasteiger partial charge in [-0.25, -0.2) is 5.90 Å². The zero-order valence-electron chi connectivity index (χ0n) is 7.88. The van der Waals surface area contributed by atoms with Crippen molar-refractivity contribution < 1.29 is 4.84 Å². The molecule has 2 N–H and O–H groups in total. The maximum absolute atomic E-state index is 5.76. The molecule has 0 aromatic heterocycles. The molecule has 0 aliphatic heterocycles. The highest BCUT2D eigenvalue weighted by Gasteiger charge is 2.17. The van der Waals surface area contributed by atoms with Crippen LogP contribution in [0.5, 0.6) is 0 Å². The van der Waals surface area contributed by atoms with E-state index in [0.717, 1.165) is 11.4 Å². The Morgan fingerprint density at radius 1 is 1.31 bits per heavy atom. The first-order valence-corrected chi connectivity index (χ1v) is 4.54. The van der Waals surface area contributed by atoms with Gasteiger partial charge in [-0.15, -0.1) is 0 Å². The topological polar surface area (TPSA) is 35.2 Å². The molecule has 2 nitrogen and oxygen atoms in total. The molecule has 3 heteroatoms. The van der Waals surface area contributed by atoms with Crippen molar-refractivity contribution in [2.45, 2.75) is 25.9 Å². The fourth-order valence-electron chi connectivity index (χ4n) is 1.14. The van der Waals surface area contributed by atoms with Crippen LogP contribution in [0.4, 0.5) is 0 Å². The maximum Gasteiger partial charge on any atom is 0.0878 e. The third-order valence-corrected chi connectivity index (χ3v) is 2.11. The average Bonchev–Trinajstić information content (AvgIpc) is 2.09. The summed E-state index contributed by atoms with van der Waals surface area (Å²) in [6, 6.07) is 7.68. The third kappa shape index (κ3) is 3.35. The highest BCUT2D eigenvalue weighted by atomic mass is 35.5. The molecule has 13 heavy (non-hydrogen) atoms. The number of benzene rings is 1. The first-order valence-electron chi connectivity index (χ1n) is 4.16. The highest BCUT2D eigenvalue weighted by molar-refractivity contribution is 6.30. The molecular formula is C10H14ClNO. The van der Waals surface area contributed by atoms with E-state index in [4.69, 9.17) is 22.3 Å². The Morgan fingerprint density at radius 2 is 1.85 bits per heavy atom. The first kappa shape index (κ1) is 10.5. The fourth-order valence-corrected chi connectivity index (χ4v) is 1.26. The van der Waals surface area contributed by atoms with E-state index in [0.29, 0.717) is 0 Å². The van der Waals surface area contributed by atoms with Gasteiger partial charge in [-0.1, -0.05) is 23.7 Å². The number of hydrogen-bond donors (Lipinski definition) is 1. The smallest absolute Gasteiger partial charge is 0.0878 e. The van der Waals surface area contributed by atoms with E-state index in [1.807, 2.05) is 38.1 Å². The summed E-state index contributed by atoms with van der Waals surface area (Å²) in [5.41, 5.74) is 0.841. The van der Waals surface area contributed by atoms with Crippen LogP contribution in [0.15, 0.2) is 24.3 Å². The Hall–Kier alpha value is -0.570. The van der Waals surface area contributed by atoms with E-state index in [1.165, 1.54) is 5.56 Å². The van der Waals surface area contributed by atoms with Gasteiger partial charge in [0.1, 0.15) is 0 Å². The summed E-state index contributed by atoms with van der Waals surface area (Å²) < 4.78 is 0. The van der Waals surface area contributed by atoms with E-state index < -0.39 is 0 Å². The number of nitrogens with two attached hydrogens (primary N) is 1. The summed E-state index contributed by atoms with van der Waals surface area (Å²) >= 11 is 5.76. The van der Waals surface area contributed by atoms with Gasteiger partial charge in [-0.2, -0.15) is 0 Å². The summed E-state index contributed by atoms with van der Waals surface area (Å²) in [5, 5.41) is 0.746. The van der Waals surface area contributed by atoms with Gasteiger partial charge in [0.25, 0.3) is 0 Å². The molecule has 0 spiro atoms. The predicted molar refractivity (Wildman–Crippen MR) is 54.5 cm³/mol. The summed E-state index contributed by atoms with van der Waals surface area (Å²) in [5.74, 6) is 5.16. The molecule has 0 saturated carbocycles. The molecule has 1 aromatic rings. The molecule has 1 rings (SSSR count). The summed E-state index contributed by atoms with van der Waals surface area (Å²) in [6.07, 6.45) is 0.778. The van der Waals surface area contributed by atoms with Crippen molar-refractivity contribution in [3.05, 3.63) is 34.9 Å². The zero-order chi connectivity index (χ0) is 9.90. The molecule has 0 amide bonds. The number of hydrogen-bond acceptors (Lipinski definition) is 2. The minimum atomic E-state index is -0.326. The second kappa shape index (κ2) is 4.09. The van der Waals surface area contributed by atoms with E-state index in [9.17, 15) is 0 Å². The molecule has 0 aliphatic rings. The van der Waals surface area contributed by atoms with Crippen molar-refractivity contribution in [1.82, 2.24) is 0 Å². The Balaban J connectivity index is 2.69. The van der Waals surface area contributed by atoms with Crippen LogP contribution in [-0.4, -0.2) is 5.60 Å². The van der Waals surface area contributed by atoms with E-state index in [-0.39, 0.29) is 5.60 Å². The van der Waals surface area contributed by atoms with Crippen molar-refractivity contribution in [3.63, 3.8) is 0 Å². The molecule has 0 unspecified atom stereocenters. The lowest BCUT2D eigenvalue weighted by Crippen LogP contribution is -2.30. The Bertz CT molecular complexity index is 269. The van der Waals surface area contributed by atoms with Crippen LogP contribution in [0.2, 0.25) is 5.02 Å². The molecule has 0 fully saturated rings. The van der Waals surface area contributed by atoms with Gasteiger partial charge in [0.05, 0.1) is 5.60 Å². The lowest BCUT2D eigenvalue weighted by atomic mass is 9.99. The third-order valence-electron chi connectivity index (χ3n) is 1.86. The van der Waals surface area contributed by atoms with Gasteiger partial charge >= 0.3 is 0 Å². The molecule has 0 saturated heterocycles. The highest BCUT2D eigenvalue weighted by Crippen LogP contribution is 2.17. The first-order chi connectivity index (χ1) is 6.03. The van der Waals surface area contributed by atoms with Crippen molar-refractivity contribution in [2.24, 2.45) is 5.90 Å². The average molecular weight is 200 g/mol. The standard InChI is InChI=1S/C10H14ClNO/c1-10(2,13-12)7-8-3-5-9(11)6-4-8/h3-6H,7,12H2,1-2H3. The zero-order valence-corrected chi connectivity index (χ0v) is 8.64. The SMILES string of the molecule is CC(C)(Cc1ccc(Cl)cc1)ON. The maximum atomic E-state index is 5.76. The lowest BCUT2D eigenvalue weighted by molar-refractivity contribution is -0.0187. The molecule has 0 bridgehead atoms. The van der Waals surface area contributed by atoms with E-state index in [2.05, 4.69) is 0 Å². The van der Waals surface area contributed by atoms with Crippen LogP contribution >= 0.6 is 11.6 Å². The van der Waals surface area contributed by atoms with Gasteiger partial charge < -0.3 is 0 Å². The Morgan fingerprint density at radius 3 is 2.31 bits per heavy atom. The largest absolute Gasteiger partial charge is 0.298 e. The van der Waals surface area contributed by atoms with E-state index in [1.54, 1.807) is 0 Å². The van der Waals surface area contributed by atoms with Gasteiger partial charge in [-0.3, -0.25) is 4.84 Å². The van der Waals surface area contributed by atoms with Crippen LogP contribution in [0.3, 0.4) is 0 Å². The molecule has 0 aliphatic carbocycles. The monoisotopic (exact) mass is 199 g/mol. The Kier molecular flexibility index (Phi) is 3.31. The molecule has 0 radical (unpaired) electrons. The van der Waals surface area contributed by atoms with Gasteiger partial charge in [0.2, 0.25) is 0 Å². The summed E-state index contributed by atoms with van der Waals surface area (Å²) in [6.45, 7) is 3.89. The van der Waals surface area contributed by atoms with Crippen LogP contribution in [0, 0.1) is 0 Å². The minimum absolute atomic E-state index is 0.326. The van der Waals surface area contributed by atoms with Crippen LogP contribution in [-0.2, 0) is 11.3 Å². The van der Waals surface area contributed by atoms with Crippen molar-refractivity contribution >= 4 is 11.6 Å². The van der Waals surface area contributed by atoms with Crippen molar-refractivity contribution in [2.75, 3.05) is 0 Å². The quantitative estimate of drug-likeness (QED) is 0.760. The minimum Gasteiger partial charge on any atom is -0.298 e. The summed E-state index contributed by atoms with van der Waals surface area (Å²) in [4.78, 5) is 4.84. The molecule has 1 aromatic carbocycles. The molecule has 0 atom stereocenters. The number of rotatable bonds is 3. The van der Waals surface area contributed by atoms with Gasteiger partial charge in [0.15, 0.2) is 0 Å². The van der Waals surface area contributed by atoms with Gasteiger partial charge in [0, 0.05) is 11.4 Å². The van der Waals surface area contributed by atoms with Crippen molar-refractivity contribution in [3.8, 4) is 0 Å². The molecule has 72 valence electrons. The second-order valence-electron chi connectivity index (χ2n) is 3.68. The fraction of sp³-hybridized carbons (Fsp3) is 0.400. The van der Waals surface area contributed by atoms with Gasteiger partial charge in [-0.05, 0) is 31.5 Å². The number of halogens is 1. The predicted octanol–water partition coefficient (Wildman–Crippen LogP) is 2.55. The summed E-state index contributed by atoms with van der Waals surface area (Å²) in [7, 11) is 0. The van der Waals surface area contributed by atoms with Crippen LogP contribution < -0.4 is 5.90 Å². The Labute approximate surface area is 83.6 Å². The normalized spacial score (nSPS) is 11.7. The molecular weight excluding hydrogens is 186 g/mol. The lowest BCUT2D eigenvalue weighted by Gasteiger charge is -2.21. The second-order valence-corrected chi connectivity index (χ2v) is 4.12. The molecule has 0 heterocycles. The van der Waals surface area contributed by atoms with Crippen molar-refractivity contribution in [1.29, 1.82) is 0 Å². The van der Waals surface area contributed by atoms with Crippen LogP contribution in [0.25, 0.3) is 0 Å². The van der Waals surface area contributed by atoms with E-state index >= 15 is 0 Å².